The van der Waals surface area contributed by atoms with Gasteiger partial charge in [0.25, 0.3) is 0 Å². The Bertz CT molecular complexity index is 1110. The fourth-order valence-corrected chi connectivity index (χ4v) is 6.31. The second-order valence-electron chi connectivity index (χ2n) is 6.40. The lowest BCUT2D eigenvalue weighted by Gasteiger charge is -2.11. The predicted octanol–water partition coefficient (Wildman–Crippen LogP) is 5.46. The van der Waals surface area contributed by atoms with E-state index < -0.39 is 15.8 Å². The summed E-state index contributed by atoms with van der Waals surface area (Å²) < 4.78 is 26.0. The van der Waals surface area contributed by atoms with Crippen molar-refractivity contribution < 1.29 is 18.3 Å². The summed E-state index contributed by atoms with van der Waals surface area (Å²) in [5.74, 6) is -0.697. The first-order valence-corrected chi connectivity index (χ1v) is 12.3. The van der Waals surface area contributed by atoms with Gasteiger partial charge < -0.3 is 5.11 Å². The van der Waals surface area contributed by atoms with Crippen molar-refractivity contribution in [3.05, 3.63) is 94.0 Å². The van der Waals surface area contributed by atoms with Crippen LogP contribution in [0.1, 0.15) is 21.5 Å². The van der Waals surface area contributed by atoms with E-state index in [0.29, 0.717) is 4.47 Å². The van der Waals surface area contributed by atoms with Crippen molar-refractivity contribution >= 4 is 43.5 Å². The molecular formula is C22H19BrO4S2. The lowest BCUT2D eigenvalue weighted by molar-refractivity contribution is 0.0695. The number of rotatable bonds is 8. The van der Waals surface area contributed by atoms with Crippen LogP contribution in [0, 0.1) is 0 Å². The van der Waals surface area contributed by atoms with Crippen LogP contribution in [0.5, 0.6) is 0 Å². The van der Waals surface area contributed by atoms with Crippen LogP contribution < -0.4 is 0 Å². The number of aryl methyl sites for hydroxylation is 1. The fraction of sp³-hybridized carbons (Fsp3) is 0.136. The molecule has 150 valence electrons. The lowest BCUT2D eigenvalue weighted by Crippen LogP contribution is -2.10. The largest absolute Gasteiger partial charge is 0.478 e. The third kappa shape index (κ3) is 5.72. The van der Waals surface area contributed by atoms with Gasteiger partial charge in [-0.3, -0.25) is 0 Å². The number of carbonyl (C=O) groups is 1. The Hall–Kier alpha value is -2.09. The maximum absolute atomic E-state index is 12.8. The third-order valence-corrected chi connectivity index (χ3v) is 8.00. The highest BCUT2D eigenvalue weighted by molar-refractivity contribution is 9.10. The SMILES string of the molecule is O=C(O)c1cc(SCCc2ccccc2)ccc1CS(=O)(=O)c1ccccc1Br. The molecule has 3 aromatic rings. The van der Waals surface area contributed by atoms with Gasteiger partial charge >= 0.3 is 5.97 Å². The Labute approximate surface area is 183 Å². The highest BCUT2D eigenvalue weighted by Crippen LogP contribution is 2.28. The monoisotopic (exact) mass is 490 g/mol. The van der Waals surface area contributed by atoms with Crippen LogP contribution in [-0.4, -0.2) is 25.2 Å². The molecule has 1 N–H and O–H groups in total. The molecule has 0 heterocycles. The van der Waals surface area contributed by atoms with E-state index in [1.54, 1.807) is 48.2 Å². The number of carboxylic acids is 1. The first kappa shape index (κ1) is 21.6. The van der Waals surface area contributed by atoms with E-state index in [1.165, 1.54) is 11.6 Å². The Morgan fingerprint density at radius 2 is 1.66 bits per heavy atom. The Morgan fingerprint density at radius 1 is 0.966 bits per heavy atom. The number of carboxylic acid groups (broad SMARTS) is 1. The first-order chi connectivity index (χ1) is 13.9. The molecule has 29 heavy (non-hydrogen) atoms. The number of benzene rings is 3. The van der Waals surface area contributed by atoms with Gasteiger partial charge in [-0.05, 0) is 57.7 Å². The summed E-state index contributed by atoms with van der Waals surface area (Å²) in [6.07, 6.45) is 0.867. The zero-order chi connectivity index (χ0) is 20.9. The van der Waals surface area contributed by atoms with Gasteiger partial charge in [-0.2, -0.15) is 0 Å². The molecule has 0 spiro atoms. The minimum absolute atomic E-state index is 0.0188. The maximum atomic E-state index is 12.8. The highest BCUT2D eigenvalue weighted by Gasteiger charge is 2.22. The minimum Gasteiger partial charge on any atom is -0.478 e. The molecule has 0 aromatic heterocycles. The molecule has 0 aliphatic carbocycles. The Morgan fingerprint density at radius 3 is 2.34 bits per heavy atom. The molecule has 0 saturated heterocycles. The van der Waals surface area contributed by atoms with Gasteiger partial charge in [0, 0.05) is 15.1 Å². The van der Waals surface area contributed by atoms with E-state index in [9.17, 15) is 18.3 Å². The topological polar surface area (TPSA) is 71.4 Å². The molecule has 7 heteroatoms. The summed E-state index contributed by atoms with van der Waals surface area (Å²) in [5, 5.41) is 9.60. The molecule has 3 rings (SSSR count). The van der Waals surface area contributed by atoms with Crippen molar-refractivity contribution in [3.63, 3.8) is 0 Å². The van der Waals surface area contributed by atoms with Crippen molar-refractivity contribution in [2.24, 2.45) is 0 Å². The van der Waals surface area contributed by atoms with Gasteiger partial charge in [-0.1, -0.05) is 48.5 Å². The summed E-state index contributed by atoms with van der Waals surface area (Å²) in [5.41, 5.74) is 1.51. The fourth-order valence-electron chi connectivity index (χ4n) is 2.88. The molecule has 0 radical (unpaired) electrons. The van der Waals surface area contributed by atoms with Crippen LogP contribution in [0.15, 0.2) is 87.1 Å². The molecule has 0 unspecified atom stereocenters. The molecule has 0 aliphatic rings. The molecule has 3 aromatic carbocycles. The molecular weight excluding hydrogens is 472 g/mol. The van der Waals surface area contributed by atoms with Crippen LogP contribution in [0.3, 0.4) is 0 Å². The van der Waals surface area contributed by atoms with Gasteiger partial charge in [0.1, 0.15) is 0 Å². The van der Waals surface area contributed by atoms with E-state index in [1.807, 2.05) is 18.2 Å². The maximum Gasteiger partial charge on any atom is 0.336 e. The second kappa shape index (κ2) is 9.61. The number of aromatic carboxylic acids is 1. The average Bonchev–Trinajstić information content (AvgIpc) is 2.69. The molecule has 0 atom stereocenters. The first-order valence-electron chi connectivity index (χ1n) is 8.87. The smallest absolute Gasteiger partial charge is 0.336 e. The number of thioether (sulfide) groups is 1. The molecule has 0 fully saturated rings. The number of halogens is 1. The van der Waals surface area contributed by atoms with Gasteiger partial charge in [0.15, 0.2) is 9.84 Å². The quantitative estimate of drug-likeness (QED) is 0.424. The van der Waals surface area contributed by atoms with Crippen LogP contribution >= 0.6 is 27.7 Å². The van der Waals surface area contributed by atoms with E-state index >= 15 is 0 Å². The standard InChI is InChI=1S/C22H19BrO4S2/c23-20-8-4-5-9-21(20)29(26,27)15-17-10-11-18(14-19(17)22(24)25)28-13-12-16-6-2-1-3-7-16/h1-11,14H,12-13,15H2,(H,24,25). The van der Waals surface area contributed by atoms with Crippen LogP contribution in [0.25, 0.3) is 0 Å². The Kier molecular flexibility index (Phi) is 7.16. The van der Waals surface area contributed by atoms with Gasteiger partial charge in [-0.25, -0.2) is 13.2 Å². The third-order valence-electron chi connectivity index (χ3n) is 4.33. The summed E-state index contributed by atoms with van der Waals surface area (Å²) in [4.78, 5) is 12.7. The summed E-state index contributed by atoms with van der Waals surface area (Å²) in [6, 6.07) is 21.5. The number of sulfone groups is 1. The van der Waals surface area contributed by atoms with Crippen molar-refractivity contribution in [3.8, 4) is 0 Å². The van der Waals surface area contributed by atoms with E-state index in [0.717, 1.165) is 17.1 Å². The minimum atomic E-state index is -3.68. The number of hydrogen-bond donors (Lipinski definition) is 1. The van der Waals surface area contributed by atoms with Crippen molar-refractivity contribution in [1.29, 1.82) is 0 Å². The van der Waals surface area contributed by atoms with E-state index in [-0.39, 0.29) is 21.8 Å². The predicted molar refractivity (Wildman–Crippen MR) is 119 cm³/mol. The molecule has 4 nitrogen and oxygen atoms in total. The average molecular weight is 491 g/mol. The van der Waals surface area contributed by atoms with Gasteiger partial charge in [-0.15, -0.1) is 11.8 Å². The van der Waals surface area contributed by atoms with Gasteiger partial charge in [0.05, 0.1) is 16.2 Å². The lowest BCUT2D eigenvalue weighted by atomic mass is 10.1. The van der Waals surface area contributed by atoms with Crippen molar-refractivity contribution in [2.75, 3.05) is 5.75 Å². The van der Waals surface area contributed by atoms with Gasteiger partial charge in [0.2, 0.25) is 0 Å². The van der Waals surface area contributed by atoms with E-state index in [2.05, 4.69) is 28.1 Å². The zero-order valence-electron chi connectivity index (χ0n) is 15.4. The summed E-state index contributed by atoms with van der Waals surface area (Å²) >= 11 is 4.81. The van der Waals surface area contributed by atoms with Crippen LogP contribution in [0.2, 0.25) is 0 Å². The normalized spacial score (nSPS) is 11.3. The van der Waals surface area contributed by atoms with E-state index in [4.69, 9.17) is 0 Å². The summed E-state index contributed by atoms with van der Waals surface area (Å²) in [6.45, 7) is 0. The summed E-state index contributed by atoms with van der Waals surface area (Å²) in [7, 11) is -3.68. The van der Waals surface area contributed by atoms with Crippen LogP contribution in [-0.2, 0) is 22.0 Å². The molecule has 0 aliphatic heterocycles. The molecule has 0 saturated carbocycles. The highest BCUT2D eigenvalue weighted by atomic mass is 79.9. The number of hydrogen-bond acceptors (Lipinski definition) is 4. The van der Waals surface area contributed by atoms with Crippen molar-refractivity contribution in [2.45, 2.75) is 22.0 Å². The van der Waals surface area contributed by atoms with Crippen LogP contribution in [0.4, 0.5) is 0 Å². The zero-order valence-corrected chi connectivity index (χ0v) is 18.6. The Balaban J connectivity index is 1.78. The van der Waals surface area contributed by atoms with Crippen molar-refractivity contribution in [1.82, 2.24) is 0 Å². The second-order valence-corrected chi connectivity index (χ2v) is 10.4. The molecule has 0 bridgehead atoms. The molecule has 0 amide bonds.